The average Bonchev–Trinajstić information content (AvgIpc) is 2.16. The van der Waals surface area contributed by atoms with Gasteiger partial charge in [0, 0.05) is 6.04 Å². The first kappa shape index (κ1) is 10.6. The summed E-state index contributed by atoms with van der Waals surface area (Å²) in [6.07, 6.45) is 0.527. The predicted octanol–water partition coefficient (Wildman–Crippen LogP) is 1.48. The molecule has 0 saturated heterocycles. The number of rotatable bonds is 0. The van der Waals surface area contributed by atoms with Crippen molar-refractivity contribution in [3.8, 4) is 0 Å². The van der Waals surface area contributed by atoms with E-state index >= 15 is 0 Å². The predicted molar refractivity (Wildman–Crippen MR) is 59.5 cm³/mol. The third kappa shape index (κ3) is 1.58. The van der Waals surface area contributed by atoms with Gasteiger partial charge in [-0.2, -0.15) is 0 Å². The van der Waals surface area contributed by atoms with Gasteiger partial charge in [0.05, 0.1) is 10.6 Å². The molecule has 0 aliphatic carbocycles. The molecule has 1 atom stereocenters. The van der Waals surface area contributed by atoms with Gasteiger partial charge in [-0.1, -0.05) is 12.1 Å². The summed E-state index contributed by atoms with van der Waals surface area (Å²) < 4.78 is 23.9. The van der Waals surface area contributed by atoms with Gasteiger partial charge in [-0.15, -0.1) is 0 Å². The van der Waals surface area contributed by atoms with Gasteiger partial charge in [-0.05, 0) is 37.0 Å². The summed E-state index contributed by atoms with van der Waals surface area (Å²) in [6, 6.07) is 3.65. The largest absolute Gasteiger partial charge is 0.324 e. The van der Waals surface area contributed by atoms with Gasteiger partial charge in [0.25, 0.3) is 0 Å². The molecular weight excluding hydrogens is 210 g/mol. The second kappa shape index (κ2) is 3.32. The maximum Gasteiger partial charge on any atom is 0.179 e. The molecule has 82 valence electrons. The molecule has 2 rings (SSSR count). The van der Waals surface area contributed by atoms with Crippen molar-refractivity contribution in [1.82, 2.24) is 0 Å². The van der Waals surface area contributed by atoms with E-state index in [0.717, 1.165) is 16.7 Å². The van der Waals surface area contributed by atoms with Crippen molar-refractivity contribution >= 4 is 9.84 Å². The average molecular weight is 225 g/mol. The molecule has 3 nitrogen and oxygen atoms in total. The van der Waals surface area contributed by atoms with Gasteiger partial charge >= 0.3 is 0 Å². The van der Waals surface area contributed by atoms with E-state index in [0.29, 0.717) is 11.3 Å². The lowest BCUT2D eigenvalue weighted by atomic mass is 9.97. The van der Waals surface area contributed by atoms with Gasteiger partial charge in [0.1, 0.15) is 0 Å². The minimum Gasteiger partial charge on any atom is -0.324 e. The van der Waals surface area contributed by atoms with Crippen molar-refractivity contribution in [2.75, 3.05) is 5.75 Å². The summed E-state index contributed by atoms with van der Waals surface area (Å²) in [4.78, 5) is 0.473. The Balaban J connectivity index is 2.84. The fraction of sp³-hybridized carbons (Fsp3) is 0.455. The quantitative estimate of drug-likeness (QED) is 0.727. The van der Waals surface area contributed by atoms with Crippen LogP contribution in [-0.4, -0.2) is 14.2 Å². The molecule has 2 N–H and O–H groups in total. The maximum absolute atomic E-state index is 11.9. The van der Waals surface area contributed by atoms with E-state index in [9.17, 15) is 8.42 Å². The fourth-order valence-electron chi connectivity index (χ4n) is 2.21. The summed E-state index contributed by atoms with van der Waals surface area (Å²) in [5.41, 5.74) is 8.58. The fourth-order valence-corrected chi connectivity index (χ4v) is 4.18. The van der Waals surface area contributed by atoms with Crippen LogP contribution in [0.5, 0.6) is 0 Å². The molecule has 0 amide bonds. The molecule has 4 heteroatoms. The highest BCUT2D eigenvalue weighted by atomic mass is 32.2. The van der Waals surface area contributed by atoms with Crippen LogP contribution >= 0.6 is 0 Å². The highest BCUT2D eigenvalue weighted by Gasteiger charge is 2.30. The van der Waals surface area contributed by atoms with Crippen LogP contribution in [0.2, 0.25) is 0 Å². The number of hydrogen-bond donors (Lipinski definition) is 1. The van der Waals surface area contributed by atoms with Crippen LogP contribution < -0.4 is 5.73 Å². The number of hydrogen-bond acceptors (Lipinski definition) is 3. The van der Waals surface area contributed by atoms with E-state index in [1.54, 1.807) is 0 Å². The van der Waals surface area contributed by atoms with Gasteiger partial charge < -0.3 is 5.73 Å². The molecule has 0 bridgehead atoms. The molecule has 1 aliphatic heterocycles. The van der Waals surface area contributed by atoms with Crippen molar-refractivity contribution in [3.63, 3.8) is 0 Å². The smallest absolute Gasteiger partial charge is 0.179 e. The SMILES string of the molecule is Cc1ccc(C)c2c1C(N)CCS2(=O)=O. The third-order valence-electron chi connectivity index (χ3n) is 2.99. The topological polar surface area (TPSA) is 60.2 Å². The highest BCUT2D eigenvalue weighted by Crippen LogP contribution is 2.35. The van der Waals surface area contributed by atoms with Gasteiger partial charge in [-0.3, -0.25) is 0 Å². The Bertz CT molecular complexity index is 506. The van der Waals surface area contributed by atoms with Gasteiger partial charge in [-0.25, -0.2) is 8.42 Å². The minimum atomic E-state index is -3.11. The summed E-state index contributed by atoms with van der Waals surface area (Å²) in [7, 11) is -3.11. The van der Waals surface area contributed by atoms with E-state index in [-0.39, 0.29) is 11.8 Å². The first-order valence-corrected chi connectivity index (χ1v) is 6.67. The van der Waals surface area contributed by atoms with E-state index < -0.39 is 9.84 Å². The van der Waals surface area contributed by atoms with E-state index in [4.69, 9.17) is 5.73 Å². The van der Waals surface area contributed by atoms with Crippen LogP contribution in [-0.2, 0) is 9.84 Å². The Morgan fingerprint density at radius 3 is 2.47 bits per heavy atom. The zero-order chi connectivity index (χ0) is 11.2. The van der Waals surface area contributed by atoms with Crippen molar-refractivity contribution in [3.05, 3.63) is 28.8 Å². The lowest BCUT2D eigenvalue weighted by molar-refractivity contribution is 0.566. The Kier molecular flexibility index (Phi) is 2.35. The van der Waals surface area contributed by atoms with Gasteiger partial charge in [0.2, 0.25) is 0 Å². The summed E-state index contributed by atoms with van der Waals surface area (Å²) >= 11 is 0. The Morgan fingerprint density at radius 2 is 1.87 bits per heavy atom. The summed E-state index contributed by atoms with van der Waals surface area (Å²) in [6.45, 7) is 3.74. The lowest BCUT2D eigenvalue weighted by Crippen LogP contribution is -2.26. The minimum absolute atomic E-state index is 0.136. The molecule has 15 heavy (non-hydrogen) atoms. The van der Waals surface area contributed by atoms with Crippen LogP contribution in [0.15, 0.2) is 17.0 Å². The van der Waals surface area contributed by atoms with Crippen LogP contribution in [0.3, 0.4) is 0 Å². The molecule has 1 heterocycles. The molecule has 0 spiro atoms. The highest BCUT2D eigenvalue weighted by molar-refractivity contribution is 7.91. The van der Waals surface area contributed by atoms with Gasteiger partial charge in [0.15, 0.2) is 9.84 Å². The number of aryl methyl sites for hydroxylation is 2. The summed E-state index contributed by atoms with van der Waals surface area (Å²) in [5.74, 6) is 0.172. The molecule has 1 aromatic carbocycles. The van der Waals surface area contributed by atoms with Crippen LogP contribution in [0.1, 0.15) is 29.2 Å². The van der Waals surface area contributed by atoms with Crippen LogP contribution in [0, 0.1) is 13.8 Å². The molecule has 0 saturated carbocycles. The number of fused-ring (bicyclic) bond motifs is 1. The molecule has 1 unspecified atom stereocenters. The second-order valence-corrected chi connectivity index (χ2v) is 6.20. The van der Waals surface area contributed by atoms with Crippen molar-refractivity contribution in [2.45, 2.75) is 31.2 Å². The lowest BCUT2D eigenvalue weighted by Gasteiger charge is -2.25. The monoisotopic (exact) mass is 225 g/mol. The molecule has 0 aromatic heterocycles. The molecule has 0 radical (unpaired) electrons. The first-order chi connectivity index (χ1) is 6.93. The zero-order valence-corrected chi connectivity index (χ0v) is 9.76. The standard InChI is InChI=1S/C11H15NO2S/c1-7-3-4-8(2)11-10(7)9(12)5-6-15(11,13)14/h3-4,9H,5-6,12H2,1-2H3. The molecule has 1 aromatic rings. The van der Waals surface area contributed by atoms with E-state index in [1.807, 2.05) is 26.0 Å². The summed E-state index contributed by atoms with van der Waals surface area (Å²) in [5, 5.41) is 0. The number of sulfone groups is 1. The normalized spacial score (nSPS) is 23.5. The molecule has 0 fully saturated rings. The maximum atomic E-state index is 11.9. The number of benzene rings is 1. The Labute approximate surface area is 90.2 Å². The number of nitrogens with two attached hydrogens (primary N) is 1. The molecular formula is C11H15NO2S. The van der Waals surface area contributed by atoms with Crippen LogP contribution in [0.25, 0.3) is 0 Å². The van der Waals surface area contributed by atoms with Crippen molar-refractivity contribution in [1.29, 1.82) is 0 Å². The van der Waals surface area contributed by atoms with Crippen LogP contribution in [0.4, 0.5) is 0 Å². The van der Waals surface area contributed by atoms with Crippen molar-refractivity contribution < 1.29 is 8.42 Å². The Morgan fingerprint density at radius 1 is 1.27 bits per heavy atom. The first-order valence-electron chi connectivity index (χ1n) is 5.02. The van der Waals surface area contributed by atoms with E-state index in [1.165, 1.54) is 0 Å². The second-order valence-electron chi connectivity index (χ2n) is 4.16. The van der Waals surface area contributed by atoms with Crippen molar-refractivity contribution in [2.24, 2.45) is 5.73 Å². The molecule has 1 aliphatic rings. The Hall–Kier alpha value is -0.870. The third-order valence-corrected chi connectivity index (χ3v) is 4.93. The zero-order valence-electron chi connectivity index (χ0n) is 8.95. The van der Waals surface area contributed by atoms with E-state index in [2.05, 4.69) is 0 Å².